The number of carbonyl (C=O) groups is 1. The molecule has 0 saturated heterocycles. The maximum atomic E-state index is 12.4. The van der Waals surface area contributed by atoms with Crippen molar-refractivity contribution in [3.8, 4) is 5.75 Å². The number of amides is 1. The third-order valence-corrected chi connectivity index (χ3v) is 5.60. The SMILES string of the molecule is CCc1ccccc1NC(=O)CSc1nnc(Cc2ccc(OC)cc2)n1CC. The molecule has 0 bridgehead atoms. The smallest absolute Gasteiger partial charge is 0.234 e. The number of aromatic nitrogens is 3. The number of benzene rings is 2. The molecule has 3 rings (SSSR count). The molecular weight excluding hydrogens is 384 g/mol. The second-order valence-electron chi connectivity index (χ2n) is 6.52. The lowest BCUT2D eigenvalue weighted by atomic mass is 10.1. The van der Waals surface area contributed by atoms with Crippen LogP contribution in [0.3, 0.4) is 0 Å². The topological polar surface area (TPSA) is 69.0 Å². The summed E-state index contributed by atoms with van der Waals surface area (Å²) >= 11 is 1.41. The van der Waals surface area contributed by atoms with Gasteiger partial charge in [0.05, 0.1) is 12.9 Å². The van der Waals surface area contributed by atoms with Gasteiger partial charge in [0.1, 0.15) is 11.6 Å². The Morgan fingerprint density at radius 3 is 2.55 bits per heavy atom. The fourth-order valence-corrected chi connectivity index (χ4v) is 3.89. The third kappa shape index (κ3) is 5.38. The Balaban J connectivity index is 1.63. The highest BCUT2D eigenvalue weighted by atomic mass is 32.2. The van der Waals surface area contributed by atoms with E-state index >= 15 is 0 Å². The van der Waals surface area contributed by atoms with Crippen molar-refractivity contribution in [1.29, 1.82) is 0 Å². The van der Waals surface area contributed by atoms with E-state index in [1.807, 2.05) is 48.5 Å². The van der Waals surface area contributed by atoms with Crippen LogP contribution in [-0.4, -0.2) is 33.5 Å². The van der Waals surface area contributed by atoms with Crippen molar-refractivity contribution >= 4 is 23.4 Å². The molecule has 0 spiro atoms. The molecule has 0 aliphatic carbocycles. The normalized spacial score (nSPS) is 10.7. The number of thioether (sulfide) groups is 1. The van der Waals surface area contributed by atoms with E-state index in [1.165, 1.54) is 11.8 Å². The predicted molar refractivity (Wildman–Crippen MR) is 117 cm³/mol. The van der Waals surface area contributed by atoms with Crippen LogP contribution in [0.2, 0.25) is 0 Å². The average Bonchev–Trinajstić information content (AvgIpc) is 3.14. The van der Waals surface area contributed by atoms with Crippen LogP contribution in [0.5, 0.6) is 5.75 Å². The molecule has 3 aromatic rings. The van der Waals surface area contributed by atoms with Crippen LogP contribution >= 0.6 is 11.8 Å². The van der Waals surface area contributed by atoms with Gasteiger partial charge in [0.2, 0.25) is 5.91 Å². The number of aryl methyl sites for hydroxylation is 1. The minimum absolute atomic E-state index is 0.0433. The highest BCUT2D eigenvalue weighted by Crippen LogP contribution is 2.21. The number of ether oxygens (including phenoxy) is 1. The zero-order valence-corrected chi connectivity index (χ0v) is 17.8. The second-order valence-corrected chi connectivity index (χ2v) is 7.46. The van der Waals surface area contributed by atoms with E-state index < -0.39 is 0 Å². The molecule has 0 aliphatic rings. The van der Waals surface area contributed by atoms with E-state index in [2.05, 4.69) is 33.9 Å². The highest BCUT2D eigenvalue weighted by molar-refractivity contribution is 7.99. The number of hydrogen-bond acceptors (Lipinski definition) is 5. The van der Waals surface area contributed by atoms with E-state index in [4.69, 9.17) is 4.74 Å². The number of anilines is 1. The predicted octanol–water partition coefficient (Wildman–Crippen LogP) is 4.19. The monoisotopic (exact) mass is 410 g/mol. The fraction of sp³-hybridized carbons (Fsp3) is 0.318. The first-order chi connectivity index (χ1) is 14.1. The molecule has 1 aromatic heterocycles. The summed E-state index contributed by atoms with van der Waals surface area (Å²) in [5, 5.41) is 12.4. The summed E-state index contributed by atoms with van der Waals surface area (Å²) in [6.07, 6.45) is 1.56. The van der Waals surface area contributed by atoms with Crippen molar-refractivity contribution in [3.05, 3.63) is 65.5 Å². The Morgan fingerprint density at radius 1 is 1.10 bits per heavy atom. The standard InChI is InChI=1S/C22H26N4O2S/c1-4-17-8-6-7-9-19(17)23-21(27)15-29-22-25-24-20(26(22)5-2)14-16-10-12-18(28-3)13-11-16/h6-13H,4-5,14-15H2,1-3H3,(H,23,27). The maximum Gasteiger partial charge on any atom is 0.234 e. The number of rotatable bonds is 9. The molecule has 0 saturated carbocycles. The summed E-state index contributed by atoms with van der Waals surface area (Å²) in [6, 6.07) is 15.8. The van der Waals surface area contributed by atoms with E-state index in [9.17, 15) is 4.79 Å². The molecule has 0 aliphatic heterocycles. The molecule has 29 heavy (non-hydrogen) atoms. The minimum atomic E-state index is -0.0433. The summed E-state index contributed by atoms with van der Waals surface area (Å²) in [7, 11) is 1.66. The fourth-order valence-electron chi connectivity index (χ4n) is 3.07. The summed E-state index contributed by atoms with van der Waals surface area (Å²) in [6.45, 7) is 4.89. The van der Waals surface area contributed by atoms with Gasteiger partial charge in [0.25, 0.3) is 0 Å². The third-order valence-electron chi connectivity index (χ3n) is 4.64. The van der Waals surface area contributed by atoms with Gasteiger partial charge in [-0.05, 0) is 42.7 Å². The number of nitrogens with one attached hydrogen (secondary N) is 1. The zero-order valence-electron chi connectivity index (χ0n) is 17.0. The molecular formula is C22H26N4O2S. The quantitative estimate of drug-likeness (QED) is 0.536. The molecule has 0 fully saturated rings. The molecule has 1 amide bonds. The number of methoxy groups -OCH3 is 1. The van der Waals surface area contributed by atoms with Gasteiger partial charge < -0.3 is 14.6 Å². The lowest BCUT2D eigenvalue weighted by Gasteiger charge is -2.10. The lowest BCUT2D eigenvalue weighted by Crippen LogP contribution is -2.16. The van der Waals surface area contributed by atoms with Crippen molar-refractivity contribution in [2.45, 2.75) is 38.4 Å². The zero-order chi connectivity index (χ0) is 20.6. The molecule has 0 radical (unpaired) electrons. The highest BCUT2D eigenvalue weighted by Gasteiger charge is 2.14. The second kappa shape index (κ2) is 10.1. The van der Waals surface area contributed by atoms with Gasteiger partial charge in [-0.3, -0.25) is 4.79 Å². The summed E-state index contributed by atoms with van der Waals surface area (Å²) < 4.78 is 7.26. The maximum absolute atomic E-state index is 12.4. The van der Waals surface area contributed by atoms with Crippen molar-refractivity contribution in [3.63, 3.8) is 0 Å². The number of carbonyl (C=O) groups excluding carboxylic acids is 1. The largest absolute Gasteiger partial charge is 0.497 e. The van der Waals surface area contributed by atoms with Crippen LogP contribution in [-0.2, 0) is 24.2 Å². The molecule has 2 aromatic carbocycles. The molecule has 7 heteroatoms. The van der Waals surface area contributed by atoms with Crippen LogP contribution in [0.1, 0.15) is 30.8 Å². The van der Waals surface area contributed by atoms with Crippen LogP contribution < -0.4 is 10.1 Å². The van der Waals surface area contributed by atoms with Crippen molar-refractivity contribution in [2.24, 2.45) is 0 Å². The van der Waals surface area contributed by atoms with E-state index in [-0.39, 0.29) is 5.91 Å². The first kappa shape index (κ1) is 20.9. The summed E-state index contributed by atoms with van der Waals surface area (Å²) in [5.74, 6) is 1.96. The van der Waals surface area contributed by atoms with Crippen molar-refractivity contribution < 1.29 is 9.53 Å². The molecule has 1 N–H and O–H groups in total. The van der Waals surface area contributed by atoms with E-state index in [1.54, 1.807) is 7.11 Å². The molecule has 6 nitrogen and oxygen atoms in total. The van der Waals surface area contributed by atoms with E-state index in [0.717, 1.165) is 46.5 Å². The molecule has 152 valence electrons. The van der Waals surface area contributed by atoms with Gasteiger partial charge in [0.15, 0.2) is 5.16 Å². The Kier molecular flexibility index (Phi) is 7.30. The van der Waals surface area contributed by atoms with Crippen LogP contribution in [0, 0.1) is 0 Å². The van der Waals surface area contributed by atoms with Crippen molar-refractivity contribution in [1.82, 2.24) is 14.8 Å². The summed E-state index contributed by atoms with van der Waals surface area (Å²) in [5.41, 5.74) is 3.14. The van der Waals surface area contributed by atoms with Gasteiger partial charge >= 0.3 is 0 Å². The van der Waals surface area contributed by atoms with Gasteiger partial charge in [-0.2, -0.15) is 0 Å². The van der Waals surface area contributed by atoms with Gasteiger partial charge in [-0.15, -0.1) is 10.2 Å². The lowest BCUT2D eigenvalue weighted by molar-refractivity contribution is -0.113. The number of hydrogen-bond donors (Lipinski definition) is 1. The Bertz CT molecular complexity index is 954. The van der Waals surface area contributed by atoms with Crippen LogP contribution in [0.15, 0.2) is 53.7 Å². The Hall–Kier alpha value is -2.80. The Labute approximate surface area is 175 Å². The summed E-state index contributed by atoms with van der Waals surface area (Å²) in [4.78, 5) is 12.4. The van der Waals surface area contributed by atoms with Gasteiger partial charge in [0, 0.05) is 18.7 Å². The minimum Gasteiger partial charge on any atom is -0.497 e. The first-order valence-electron chi connectivity index (χ1n) is 9.70. The Morgan fingerprint density at radius 2 is 1.86 bits per heavy atom. The van der Waals surface area contributed by atoms with Crippen LogP contribution in [0.25, 0.3) is 0 Å². The van der Waals surface area contributed by atoms with Gasteiger partial charge in [-0.1, -0.05) is 49.0 Å². The van der Waals surface area contributed by atoms with Gasteiger partial charge in [-0.25, -0.2) is 0 Å². The first-order valence-corrected chi connectivity index (χ1v) is 10.7. The number of nitrogens with zero attached hydrogens (tertiary/aromatic N) is 3. The van der Waals surface area contributed by atoms with E-state index in [0.29, 0.717) is 12.2 Å². The molecule has 0 unspecified atom stereocenters. The molecule has 1 heterocycles. The average molecular weight is 411 g/mol. The van der Waals surface area contributed by atoms with Crippen LogP contribution in [0.4, 0.5) is 5.69 Å². The molecule has 0 atom stereocenters. The number of para-hydroxylation sites is 1. The van der Waals surface area contributed by atoms with Crippen molar-refractivity contribution in [2.75, 3.05) is 18.2 Å².